The number of benzene rings is 1. The number of aromatic nitrogens is 2. The number of amides is 2. The van der Waals surface area contributed by atoms with Gasteiger partial charge in [0.1, 0.15) is 5.69 Å². The first-order valence-electron chi connectivity index (χ1n) is 10.5. The Hall–Kier alpha value is -3.37. The number of hydrogen-bond donors (Lipinski definition) is 2. The molecule has 0 bridgehead atoms. The molecule has 1 aromatic carbocycles. The Labute approximate surface area is 188 Å². The standard InChI is InChI=1S/C22H23N5O4S/c28-21(17-13-16(24-25-17)15-3-4-18-19(12-15)31-14-30-18)23-5-6-26-7-9-27(10-8-26)22(29)20-2-1-11-32-20/h1-4,11-13H,5-10,14H2,(H,23,28)(H,24,25). The van der Waals surface area contributed by atoms with Gasteiger partial charge in [-0.3, -0.25) is 19.6 Å². The summed E-state index contributed by atoms with van der Waals surface area (Å²) in [5.74, 6) is 1.29. The van der Waals surface area contributed by atoms with Crippen LogP contribution in [0.25, 0.3) is 11.3 Å². The van der Waals surface area contributed by atoms with Gasteiger partial charge in [0, 0.05) is 44.8 Å². The lowest BCUT2D eigenvalue weighted by Gasteiger charge is -2.34. The summed E-state index contributed by atoms with van der Waals surface area (Å²) in [6, 6.07) is 11.1. The van der Waals surface area contributed by atoms with Crippen LogP contribution in [0.5, 0.6) is 11.5 Å². The molecule has 2 aromatic heterocycles. The number of piperazine rings is 1. The molecule has 1 saturated heterocycles. The lowest BCUT2D eigenvalue weighted by atomic mass is 10.1. The van der Waals surface area contributed by atoms with E-state index in [1.165, 1.54) is 11.3 Å². The third kappa shape index (κ3) is 4.32. The number of hydrogen-bond acceptors (Lipinski definition) is 7. The van der Waals surface area contributed by atoms with Gasteiger partial charge in [0.25, 0.3) is 11.8 Å². The number of thiophene rings is 1. The van der Waals surface area contributed by atoms with E-state index in [4.69, 9.17) is 9.47 Å². The van der Waals surface area contributed by atoms with Gasteiger partial charge in [-0.2, -0.15) is 5.10 Å². The summed E-state index contributed by atoms with van der Waals surface area (Å²) in [6.45, 7) is 4.46. The minimum atomic E-state index is -0.198. The van der Waals surface area contributed by atoms with E-state index in [1.807, 2.05) is 40.6 Å². The van der Waals surface area contributed by atoms with E-state index in [0.717, 1.165) is 30.1 Å². The van der Waals surface area contributed by atoms with Crippen LogP contribution in [0, 0.1) is 0 Å². The molecule has 1 fully saturated rings. The van der Waals surface area contributed by atoms with Crippen LogP contribution in [-0.4, -0.2) is 77.9 Å². The van der Waals surface area contributed by atoms with Gasteiger partial charge in [0.05, 0.1) is 10.6 Å². The second-order valence-electron chi connectivity index (χ2n) is 7.60. The van der Waals surface area contributed by atoms with Gasteiger partial charge in [-0.05, 0) is 35.7 Å². The lowest BCUT2D eigenvalue weighted by molar-refractivity contribution is 0.0642. The Bertz CT molecular complexity index is 1110. The number of H-pyrrole nitrogens is 1. The molecular formula is C22H23N5O4S. The first-order valence-corrected chi connectivity index (χ1v) is 11.3. The highest BCUT2D eigenvalue weighted by molar-refractivity contribution is 7.12. The molecule has 0 radical (unpaired) electrons. The van der Waals surface area contributed by atoms with Gasteiger partial charge in [-0.15, -0.1) is 11.3 Å². The molecule has 4 heterocycles. The normalized spacial score (nSPS) is 15.7. The zero-order valence-electron chi connectivity index (χ0n) is 17.4. The molecule has 2 aliphatic heterocycles. The van der Waals surface area contributed by atoms with E-state index in [2.05, 4.69) is 20.4 Å². The third-order valence-corrected chi connectivity index (χ3v) is 6.45. The number of nitrogens with one attached hydrogen (secondary N) is 2. The molecule has 3 aromatic rings. The highest BCUT2D eigenvalue weighted by Gasteiger charge is 2.22. The predicted molar refractivity (Wildman–Crippen MR) is 119 cm³/mol. The van der Waals surface area contributed by atoms with E-state index < -0.39 is 0 Å². The van der Waals surface area contributed by atoms with Crippen molar-refractivity contribution in [2.45, 2.75) is 0 Å². The van der Waals surface area contributed by atoms with Crippen LogP contribution in [0.15, 0.2) is 41.8 Å². The van der Waals surface area contributed by atoms with E-state index >= 15 is 0 Å². The van der Waals surface area contributed by atoms with Crippen molar-refractivity contribution >= 4 is 23.2 Å². The molecule has 5 rings (SSSR count). The number of ether oxygens (including phenoxy) is 2. The molecule has 2 aliphatic rings. The molecule has 10 heteroatoms. The topological polar surface area (TPSA) is 99.8 Å². The Balaban J connectivity index is 1.08. The second-order valence-corrected chi connectivity index (χ2v) is 8.55. The van der Waals surface area contributed by atoms with Crippen LogP contribution in [0.1, 0.15) is 20.2 Å². The molecule has 32 heavy (non-hydrogen) atoms. The minimum absolute atomic E-state index is 0.102. The Morgan fingerprint density at radius 2 is 1.94 bits per heavy atom. The number of fused-ring (bicyclic) bond motifs is 1. The van der Waals surface area contributed by atoms with Crippen LogP contribution in [0.3, 0.4) is 0 Å². The van der Waals surface area contributed by atoms with Crippen molar-refractivity contribution in [2.75, 3.05) is 46.1 Å². The van der Waals surface area contributed by atoms with Crippen molar-refractivity contribution in [1.82, 2.24) is 25.3 Å². The van der Waals surface area contributed by atoms with Gasteiger partial charge < -0.3 is 19.7 Å². The maximum absolute atomic E-state index is 12.5. The highest BCUT2D eigenvalue weighted by atomic mass is 32.1. The van der Waals surface area contributed by atoms with Crippen LogP contribution < -0.4 is 14.8 Å². The fourth-order valence-electron chi connectivity index (χ4n) is 3.80. The monoisotopic (exact) mass is 453 g/mol. The smallest absolute Gasteiger partial charge is 0.269 e. The zero-order valence-corrected chi connectivity index (χ0v) is 18.2. The molecule has 0 unspecified atom stereocenters. The van der Waals surface area contributed by atoms with E-state index in [9.17, 15) is 9.59 Å². The Kier molecular flexibility index (Phi) is 5.78. The average molecular weight is 454 g/mol. The van der Waals surface area contributed by atoms with Crippen molar-refractivity contribution in [3.8, 4) is 22.8 Å². The second kappa shape index (κ2) is 9.01. The minimum Gasteiger partial charge on any atom is -0.454 e. The SMILES string of the molecule is O=C(NCCN1CCN(C(=O)c2cccs2)CC1)c1cc(-c2ccc3c(c2)OCO3)n[nH]1. The molecule has 2 amide bonds. The number of rotatable bonds is 6. The Morgan fingerprint density at radius 1 is 1.09 bits per heavy atom. The number of carbonyl (C=O) groups is 2. The van der Waals surface area contributed by atoms with Gasteiger partial charge in [-0.25, -0.2) is 0 Å². The summed E-state index contributed by atoms with van der Waals surface area (Å²) in [5.41, 5.74) is 1.92. The molecule has 9 nitrogen and oxygen atoms in total. The van der Waals surface area contributed by atoms with Gasteiger partial charge in [0.2, 0.25) is 6.79 Å². The van der Waals surface area contributed by atoms with Gasteiger partial charge >= 0.3 is 0 Å². The molecule has 0 aliphatic carbocycles. The summed E-state index contributed by atoms with van der Waals surface area (Å²) >= 11 is 1.47. The van der Waals surface area contributed by atoms with Crippen molar-refractivity contribution in [3.63, 3.8) is 0 Å². The summed E-state index contributed by atoms with van der Waals surface area (Å²) in [4.78, 5) is 29.8. The van der Waals surface area contributed by atoms with Crippen molar-refractivity contribution in [3.05, 3.63) is 52.3 Å². The zero-order chi connectivity index (χ0) is 21.9. The summed E-state index contributed by atoms with van der Waals surface area (Å²) in [6.07, 6.45) is 0. The third-order valence-electron chi connectivity index (χ3n) is 5.60. The van der Waals surface area contributed by atoms with Gasteiger partial charge in [-0.1, -0.05) is 6.07 Å². The largest absolute Gasteiger partial charge is 0.454 e. The molecule has 166 valence electrons. The summed E-state index contributed by atoms with van der Waals surface area (Å²) in [7, 11) is 0. The number of nitrogens with zero attached hydrogens (tertiary/aromatic N) is 3. The number of carbonyl (C=O) groups excluding carboxylic acids is 2. The Morgan fingerprint density at radius 3 is 2.75 bits per heavy atom. The summed E-state index contributed by atoms with van der Waals surface area (Å²) in [5, 5.41) is 11.9. The summed E-state index contributed by atoms with van der Waals surface area (Å²) < 4.78 is 10.7. The van der Waals surface area contributed by atoms with Gasteiger partial charge in [0.15, 0.2) is 11.5 Å². The fraction of sp³-hybridized carbons (Fsp3) is 0.318. The average Bonchev–Trinajstić information content (AvgIpc) is 3.60. The first kappa shape index (κ1) is 20.5. The fourth-order valence-corrected chi connectivity index (χ4v) is 4.49. The van der Waals surface area contributed by atoms with Crippen LogP contribution >= 0.6 is 11.3 Å². The van der Waals surface area contributed by atoms with Crippen LogP contribution in [0.2, 0.25) is 0 Å². The quantitative estimate of drug-likeness (QED) is 0.593. The maximum atomic E-state index is 12.5. The first-order chi connectivity index (χ1) is 15.7. The predicted octanol–water partition coefficient (Wildman–Crippen LogP) is 2.05. The molecule has 2 N–H and O–H groups in total. The molecular weight excluding hydrogens is 430 g/mol. The van der Waals surface area contributed by atoms with Crippen molar-refractivity contribution in [2.24, 2.45) is 0 Å². The molecule has 0 spiro atoms. The van der Waals surface area contributed by atoms with E-state index in [-0.39, 0.29) is 18.6 Å². The van der Waals surface area contributed by atoms with Crippen LogP contribution in [0.4, 0.5) is 0 Å². The van der Waals surface area contributed by atoms with Crippen LogP contribution in [-0.2, 0) is 0 Å². The van der Waals surface area contributed by atoms with Crippen molar-refractivity contribution < 1.29 is 19.1 Å². The lowest BCUT2D eigenvalue weighted by Crippen LogP contribution is -2.50. The van der Waals surface area contributed by atoms with E-state index in [0.29, 0.717) is 42.5 Å². The molecule has 0 saturated carbocycles. The molecule has 0 atom stereocenters. The van der Waals surface area contributed by atoms with E-state index in [1.54, 1.807) is 6.07 Å². The van der Waals surface area contributed by atoms with Crippen molar-refractivity contribution in [1.29, 1.82) is 0 Å². The number of aromatic amines is 1. The highest BCUT2D eigenvalue weighted by Crippen LogP contribution is 2.35. The maximum Gasteiger partial charge on any atom is 0.269 e.